The Morgan fingerprint density at radius 3 is 3.12 bits per heavy atom. The zero-order valence-electron chi connectivity index (χ0n) is 4.29. The van der Waals surface area contributed by atoms with Crippen LogP contribution in [0.4, 0.5) is 0 Å². The van der Waals surface area contributed by atoms with E-state index in [1.807, 2.05) is 16.8 Å². The number of thiophene rings is 1. The Balaban J connectivity index is 2.67. The van der Waals surface area contributed by atoms with Crippen molar-refractivity contribution in [2.24, 2.45) is 0 Å². The Morgan fingerprint density at radius 2 is 2.62 bits per heavy atom. The summed E-state index contributed by atoms with van der Waals surface area (Å²) in [5, 5.41) is 12.2. The molecule has 0 saturated carbocycles. The predicted octanol–water partition coefficient (Wildman–Crippen LogP) is 1.81. The van der Waals surface area contributed by atoms with Gasteiger partial charge in [0.25, 0.3) is 0 Å². The molecule has 1 rings (SSSR count). The SMILES string of the molecule is N#CCc1ccsc1. The lowest BCUT2D eigenvalue weighted by atomic mass is 10.3. The highest BCUT2D eigenvalue weighted by atomic mass is 32.1. The first kappa shape index (κ1) is 5.33. The third-order valence-corrected chi connectivity index (χ3v) is 1.60. The fraction of sp³-hybridized carbons (Fsp3) is 0.167. The van der Waals surface area contributed by atoms with E-state index >= 15 is 0 Å². The van der Waals surface area contributed by atoms with Gasteiger partial charge in [-0.15, -0.1) is 0 Å². The molecule has 1 aromatic rings. The summed E-state index contributed by atoms with van der Waals surface area (Å²) in [7, 11) is 0. The number of nitriles is 1. The van der Waals surface area contributed by atoms with Gasteiger partial charge in [0.15, 0.2) is 0 Å². The molecule has 0 unspecified atom stereocenters. The van der Waals surface area contributed by atoms with E-state index in [-0.39, 0.29) is 0 Å². The summed E-state index contributed by atoms with van der Waals surface area (Å²) in [4.78, 5) is 0. The van der Waals surface area contributed by atoms with E-state index in [1.165, 1.54) is 0 Å². The highest BCUT2D eigenvalue weighted by molar-refractivity contribution is 7.07. The molecule has 0 spiro atoms. The van der Waals surface area contributed by atoms with Crippen molar-refractivity contribution in [3.8, 4) is 6.07 Å². The molecule has 1 nitrogen and oxygen atoms in total. The smallest absolute Gasteiger partial charge is 0.0670 e. The Kier molecular flexibility index (Phi) is 1.66. The average molecular weight is 123 g/mol. The van der Waals surface area contributed by atoms with Crippen LogP contribution in [0.3, 0.4) is 0 Å². The summed E-state index contributed by atoms with van der Waals surface area (Å²) in [6.07, 6.45) is 0.545. The Labute approximate surface area is 52.2 Å². The van der Waals surface area contributed by atoms with E-state index in [2.05, 4.69) is 6.07 Å². The first-order chi connectivity index (χ1) is 3.93. The molecule has 2 heteroatoms. The summed E-state index contributed by atoms with van der Waals surface area (Å²) in [5.41, 5.74) is 1.12. The van der Waals surface area contributed by atoms with Crippen LogP contribution in [0.15, 0.2) is 16.8 Å². The third-order valence-electron chi connectivity index (χ3n) is 0.863. The highest BCUT2D eigenvalue weighted by Crippen LogP contribution is 2.04. The quantitative estimate of drug-likeness (QED) is 0.558. The maximum atomic E-state index is 8.19. The number of hydrogen-bond donors (Lipinski definition) is 0. The largest absolute Gasteiger partial charge is 0.198 e. The molecule has 0 amide bonds. The van der Waals surface area contributed by atoms with Gasteiger partial charge >= 0.3 is 0 Å². The van der Waals surface area contributed by atoms with Crippen molar-refractivity contribution in [2.45, 2.75) is 6.42 Å². The first-order valence-electron chi connectivity index (χ1n) is 2.31. The van der Waals surface area contributed by atoms with E-state index in [0.29, 0.717) is 6.42 Å². The summed E-state index contributed by atoms with van der Waals surface area (Å²) < 4.78 is 0. The van der Waals surface area contributed by atoms with Gasteiger partial charge in [-0.2, -0.15) is 16.6 Å². The van der Waals surface area contributed by atoms with E-state index in [0.717, 1.165) is 5.56 Å². The molecule has 40 valence electrons. The van der Waals surface area contributed by atoms with Crippen LogP contribution in [0.2, 0.25) is 0 Å². The van der Waals surface area contributed by atoms with E-state index in [4.69, 9.17) is 5.26 Å². The first-order valence-corrected chi connectivity index (χ1v) is 3.26. The zero-order chi connectivity index (χ0) is 5.82. The van der Waals surface area contributed by atoms with Crippen LogP contribution >= 0.6 is 11.3 Å². The Bertz CT molecular complexity index is 183. The van der Waals surface area contributed by atoms with Crippen LogP contribution in [0.25, 0.3) is 0 Å². The average Bonchev–Trinajstić information content (AvgIpc) is 2.19. The Hall–Kier alpha value is -0.810. The Morgan fingerprint density at radius 1 is 1.75 bits per heavy atom. The summed E-state index contributed by atoms with van der Waals surface area (Å²) in [6.45, 7) is 0. The molecule has 8 heavy (non-hydrogen) atoms. The summed E-state index contributed by atoms with van der Waals surface area (Å²) in [5.74, 6) is 0. The second kappa shape index (κ2) is 2.49. The van der Waals surface area contributed by atoms with Crippen LogP contribution in [-0.2, 0) is 6.42 Å². The lowest BCUT2D eigenvalue weighted by molar-refractivity contribution is 1.29. The summed E-state index contributed by atoms with van der Waals surface area (Å²) in [6, 6.07) is 4.04. The third kappa shape index (κ3) is 1.08. The van der Waals surface area contributed by atoms with Crippen molar-refractivity contribution in [3.05, 3.63) is 22.4 Å². The van der Waals surface area contributed by atoms with Crippen LogP contribution in [0.5, 0.6) is 0 Å². The molecule has 0 saturated heterocycles. The van der Waals surface area contributed by atoms with Crippen LogP contribution in [0, 0.1) is 11.3 Å². The summed E-state index contributed by atoms with van der Waals surface area (Å²) >= 11 is 1.63. The van der Waals surface area contributed by atoms with Crippen LogP contribution < -0.4 is 0 Å². The molecule has 0 bridgehead atoms. The van der Waals surface area contributed by atoms with Crippen molar-refractivity contribution in [3.63, 3.8) is 0 Å². The van der Waals surface area contributed by atoms with Gasteiger partial charge < -0.3 is 0 Å². The lowest BCUT2D eigenvalue weighted by Gasteiger charge is -1.76. The van der Waals surface area contributed by atoms with Crippen molar-refractivity contribution < 1.29 is 0 Å². The molecular formula is C6H5NS. The van der Waals surface area contributed by atoms with Gasteiger partial charge in [-0.25, -0.2) is 0 Å². The minimum Gasteiger partial charge on any atom is -0.198 e. The fourth-order valence-corrected chi connectivity index (χ4v) is 1.15. The van der Waals surface area contributed by atoms with Gasteiger partial charge in [0.2, 0.25) is 0 Å². The normalized spacial score (nSPS) is 8.38. The molecule has 0 aliphatic carbocycles. The minimum absolute atomic E-state index is 0.545. The van der Waals surface area contributed by atoms with E-state index in [9.17, 15) is 0 Å². The molecule has 0 N–H and O–H groups in total. The number of rotatable bonds is 1. The lowest BCUT2D eigenvalue weighted by Crippen LogP contribution is -1.70. The molecule has 0 fully saturated rings. The molecule has 0 aliphatic rings. The standard InChI is InChI=1S/C6H5NS/c7-3-1-6-2-4-8-5-6/h2,4-5H,1H2. The molecule has 0 aliphatic heterocycles. The van der Waals surface area contributed by atoms with Gasteiger partial charge in [-0.1, -0.05) is 0 Å². The zero-order valence-corrected chi connectivity index (χ0v) is 5.11. The molecule has 1 aromatic heterocycles. The molecule has 1 heterocycles. The second-order valence-corrected chi connectivity index (χ2v) is 2.25. The van der Waals surface area contributed by atoms with Gasteiger partial charge in [0.1, 0.15) is 0 Å². The van der Waals surface area contributed by atoms with Gasteiger partial charge in [0, 0.05) is 0 Å². The van der Waals surface area contributed by atoms with Gasteiger partial charge in [-0.3, -0.25) is 0 Å². The topological polar surface area (TPSA) is 23.8 Å². The predicted molar refractivity (Wildman–Crippen MR) is 33.6 cm³/mol. The maximum absolute atomic E-state index is 8.19. The van der Waals surface area contributed by atoms with Gasteiger partial charge in [0.05, 0.1) is 12.5 Å². The highest BCUT2D eigenvalue weighted by Gasteiger charge is 1.86. The molecule has 0 aromatic carbocycles. The molecular weight excluding hydrogens is 118 g/mol. The second-order valence-electron chi connectivity index (χ2n) is 1.47. The number of hydrogen-bond acceptors (Lipinski definition) is 2. The molecule has 0 radical (unpaired) electrons. The van der Waals surface area contributed by atoms with Gasteiger partial charge in [-0.05, 0) is 22.4 Å². The van der Waals surface area contributed by atoms with Crippen molar-refractivity contribution in [1.29, 1.82) is 5.26 Å². The van der Waals surface area contributed by atoms with E-state index < -0.39 is 0 Å². The fourth-order valence-electron chi connectivity index (χ4n) is 0.485. The van der Waals surface area contributed by atoms with Crippen LogP contribution in [0.1, 0.15) is 5.56 Å². The number of nitrogens with zero attached hydrogens (tertiary/aromatic N) is 1. The van der Waals surface area contributed by atoms with Crippen LogP contribution in [-0.4, -0.2) is 0 Å². The molecule has 0 atom stereocenters. The monoisotopic (exact) mass is 123 g/mol. The van der Waals surface area contributed by atoms with Crippen molar-refractivity contribution in [1.82, 2.24) is 0 Å². The van der Waals surface area contributed by atoms with E-state index in [1.54, 1.807) is 11.3 Å². The van der Waals surface area contributed by atoms with Crippen molar-refractivity contribution in [2.75, 3.05) is 0 Å². The van der Waals surface area contributed by atoms with Crippen molar-refractivity contribution >= 4 is 11.3 Å². The maximum Gasteiger partial charge on any atom is 0.0670 e. The minimum atomic E-state index is 0.545.